The summed E-state index contributed by atoms with van der Waals surface area (Å²) in [6.45, 7) is 4.50. The minimum absolute atomic E-state index is 0.0333. The van der Waals surface area contributed by atoms with Crippen LogP contribution in [0.5, 0.6) is 0 Å². The molecular weight excluding hydrogens is 236 g/mol. The van der Waals surface area contributed by atoms with Gasteiger partial charge in [0, 0.05) is 20.0 Å². The van der Waals surface area contributed by atoms with Crippen LogP contribution in [-0.4, -0.2) is 26.3 Å². The van der Waals surface area contributed by atoms with Gasteiger partial charge in [-0.25, -0.2) is 4.98 Å². The highest BCUT2D eigenvalue weighted by Crippen LogP contribution is 2.24. The molecule has 6 heteroatoms. The average Bonchev–Trinajstić information content (AvgIpc) is 2.85. The smallest absolute Gasteiger partial charge is 0.176 e. The standard InChI is InChI=1S/C11H14N4OS/c1-7(16)9-3-4-10(15(9)6-5-12)11-13-8(2)14-17-11/h3-4H,5-6,12H2,1-2H3. The van der Waals surface area contributed by atoms with Crippen molar-refractivity contribution in [3.05, 3.63) is 23.7 Å². The highest BCUT2D eigenvalue weighted by atomic mass is 32.1. The van der Waals surface area contributed by atoms with Gasteiger partial charge in [0.05, 0.1) is 11.4 Å². The van der Waals surface area contributed by atoms with E-state index in [1.807, 2.05) is 23.6 Å². The first-order valence-electron chi connectivity index (χ1n) is 5.34. The van der Waals surface area contributed by atoms with Crippen LogP contribution in [0, 0.1) is 6.92 Å². The Balaban J connectivity index is 2.50. The third-order valence-corrected chi connectivity index (χ3v) is 3.27. The number of rotatable bonds is 4. The fourth-order valence-corrected chi connectivity index (χ4v) is 2.44. The van der Waals surface area contributed by atoms with Crippen LogP contribution in [0.4, 0.5) is 0 Å². The van der Waals surface area contributed by atoms with Gasteiger partial charge < -0.3 is 10.3 Å². The first-order chi connectivity index (χ1) is 8.13. The van der Waals surface area contributed by atoms with E-state index in [2.05, 4.69) is 9.36 Å². The van der Waals surface area contributed by atoms with Gasteiger partial charge in [-0.1, -0.05) is 0 Å². The lowest BCUT2D eigenvalue weighted by Gasteiger charge is -2.08. The van der Waals surface area contributed by atoms with Crippen molar-refractivity contribution in [2.45, 2.75) is 20.4 Å². The molecule has 0 amide bonds. The molecule has 2 aromatic heterocycles. The largest absolute Gasteiger partial charge is 0.335 e. The molecule has 0 unspecified atom stereocenters. The zero-order valence-electron chi connectivity index (χ0n) is 9.80. The van der Waals surface area contributed by atoms with E-state index in [4.69, 9.17) is 5.73 Å². The maximum absolute atomic E-state index is 11.5. The molecule has 0 radical (unpaired) electrons. The Morgan fingerprint density at radius 3 is 2.82 bits per heavy atom. The van der Waals surface area contributed by atoms with Crippen LogP contribution in [0.1, 0.15) is 23.2 Å². The van der Waals surface area contributed by atoms with Gasteiger partial charge in [0.15, 0.2) is 10.8 Å². The minimum atomic E-state index is 0.0333. The summed E-state index contributed by atoms with van der Waals surface area (Å²) < 4.78 is 6.05. The van der Waals surface area contributed by atoms with E-state index < -0.39 is 0 Å². The molecule has 2 rings (SSSR count). The monoisotopic (exact) mass is 250 g/mol. The van der Waals surface area contributed by atoms with Gasteiger partial charge in [-0.2, -0.15) is 4.37 Å². The predicted molar refractivity (Wildman–Crippen MR) is 67.1 cm³/mol. The van der Waals surface area contributed by atoms with Crippen LogP contribution in [0.3, 0.4) is 0 Å². The number of nitrogens with two attached hydrogens (primary N) is 1. The van der Waals surface area contributed by atoms with E-state index in [1.165, 1.54) is 11.5 Å². The van der Waals surface area contributed by atoms with E-state index in [0.717, 1.165) is 16.5 Å². The third kappa shape index (κ3) is 2.27. The number of carbonyl (C=O) groups is 1. The molecule has 0 aliphatic carbocycles. The number of hydrogen-bond acceptors (Lipinski definition) is 5. The molecular formula is C11H14N4OS. The van der Waals surface area contributed by atoms with Crippen LogP contribution in [0.15, 0.2) is 12.1 Å². The SMILES string of the molecule is CC(=O)c1ccc(-c2nc(C)ns2)n1CCN. The Morgan fingerprint density at radius 2 is 2.29 bits per heavy atom. The normalized spacial score (nSPS) is 10.8. The quantitative estimate of drug-likeness (QED) is 0.834. The first kappa shape index (κ1) is 11.9. The van der Waals surface area contributed by atoms with Crippen LogP contribution >= 0.6 is 11.5 Å². The van der Waals surface area contributed by atoms with Crippen molar-refractivity contribution >= 4 is 17.3 Å². The molecule has 2 N–H and O–H groups in total. The summed E-state index contributed by atoms with van der Waals surface area (Å²) in [4.78, 5) is 15.8. The predicted octanol–water partition coefficient (Wildman–Crippen LogP) is 1.48. The van der Waals surface area contributed by atoms with Gasteiger partial charge in [0.2, 0.25) is 0 Å². The summed E-state index contributed by atoms with van der Waals surface area (Å²) in [5, 5.41) is 0.823. The molecule has 2 heterocycles. The second kappa shape index (κ2) is 4.77. The molecule has 17 heavy (non-hydrogen) atoms. The van der Waals surface area contributed by atoms with Crippen LogP contribution < -0.4 is 5.73 Å². The fourth-order valence-electron chi connectivity index (χ4n) is 1.73. The van der Waals surface area contributed by atoms with Crippen LogP contribution in [0.25, 0.3) is 10.7 Å². The molecule has 0 saturated heterocycles. The van der Waals surface area contributed by atoms with Gasteiger partial charge in [-0.05, 0) is 30.6 Å². The molecule has 0 aliphatic rings. The lowest BCUT2D eigenvalue weighted by Crippen LogP contribution is -2.15. The van der Waals surface area contributed by atoms with E-state index in [0.29, 0.717) is 18.8 Å². The molecule has 90 valence electrons. The molecule has 0 aromatic carbocycles. The Morgan fingerprint density at radius 1 is 1.53 bits per heavy atom. The zero-order chi connectivity index (χ0) is 12.4. The second-order valence-electron chi connectivity index (χ2n) is 3.75. The Kier molecular flexibility index (Phi) is 3.35. The summed E-state index contributed by atoms with van der Waals surface area (Å²) in [5.74, 6) is 0.779. The number of Topliss-reactive ketones (excluding diaryl/α,β-unsaturated/α-hetero) is 1. The molecule has 0 atom stereocenters. The van der Waals surface area contributed by atoms with Gasteiger partial charge in [-0.15, -0.1) is 0 Å². The highest BCUT2D eigenvalue weighted by molar-refractivity contribution is 7.09. The molecule has 0 aliphatic heterocycles. The molecule has 5 nitrogen and oxygen atoms in total. The Hall–Kier alpha value is -1.53. The number of aromatic nitrogens is 3. The van der Waals surface area contributed by atoms with E-state index in [9.17, 15) is 4.79 Å². The molecule has 0 bridgehead atoms. The summed E-state index contributed by atoms with van der Waals surface area (Å²) in [7, 11) is 0. The van der Waals surface area contributed by atoms with Crippen molar-refractivity contribution in [2.75, 3.05) is 6.54 Å². The maximum atomic E-state index is 11.5. The van der Waals surface area contributed by atoms with Gasteiger partial charge in [-0.3, -0.25) is 4.79 Å². The first-order valence-corrected chi connectivity index (χ1v) is 6.12. The molecule has 2 aromatic rings. The van der Waals surface area contributed by atoms with Crippen molar-refractivity contribution in [3.63, 3.8) is 0 Å². The van der Waals surface area contributed by atoms with Crippen molar-refractivity contribution in [2.24, 2.45) is 5.73 Å². The van der Waals surface area contributed by atoms with E-state index >= 15 is 0 Å². The number of hydrogen-bond donors (Lipinski definition) is 1. The van der Waals surface area contributed by atoms with E-state index in [-0.39, 0.29) is 5.78 Å². The Bertz CT molecular complexity index is 543. The van der Waals surface area contributed by atoms with Crippen molar-refractivity contribution in [1.82, 2.24) is 13.9 Å². The fraction of sp³-hybridized carbons (Fsp3) is 0.364. The number of aryl methyl sites for hydroxylation is 1. The summed E-state index contributed by atoms with van der Waals surface area (Å²) in [6.07, 6.45) is 0. The lowest BCUT2D eigenvalue weighted by molar-refractivity contribution is 0.100. The number of carbonyl (C=O) groups excluding carboxylic acids is 1. The van der Waals surface area contributed by atoms with E-state index in [1.54, 1.807) is 6.92 Å². The molecule has 0 spiro atoms. The van der Waals surface area contributed by atoms with Crippen LogP contribution in [-0.2, 0) is 6.54 Å². The van der Waals surface area contributed by atoms with Crippen molar-refractivity contribution < 1.29 is 4.79 Å². The van der Waals surface area contributed by atoms with Gasteiger partial charge in [0.1, 0.15) is 5.82 Å². The summed E-state index contributed by atoms with van der Waals surface area (Å²) >= 11 is 1.33. The lowest BCUT2D eigenvalue weighted by atomic mass is 10.3. The van der Waals surface area contributed by atoms with Crippen LogP contribution in [0.2, 0.25) is 0 Å². The topological polar surface area (TPSA) is 73.8 Å². The molecule has 0 saturated carbocycles. The Labute approximate surface area is 103 Å². The minimum Gasteiger partial charge on any atom is -0.335 e. The highest BCUT2D eigenvalue weighted by Gasteiger charge is 2.15. The molecule has 0 fully saturated rings. The van der Waals surface area contributed by atoms with Crippen molar-refractivity contribution in [3.8, 4) is 10.7 Å². The number of ketones is 1. The summed E-state index contributed by atoms with van der Waals surface area (Å²) in [5.41, 5.74) is 7.15. The summed E-state index contributed by atoms with van der Waals surface area (Å²) in [6, 6.07) is 3.70. The second-order valence-corrected chi connectivity index (χ2v) is 4.50. The van der Waals surface area contributed by atoms with Gasteiger partial charge >= 0.3 is 0 Å². The number of nitrogens with zero attached hydrogens (tertiary/aromatic N) is 3. The zero-order valence-corrected chi connectivity index (χ0v) is 10.6. The van der Waals surface area contributed by atoms with Crippen molar-refractivity contribution in [1.29, 1.82) is 0 Å². The third-order valence-electron chi connectivity index (χ3n) is 2.44. The maximum Gasteiger partial charge on any atom is 0.176 e. The van der Waals surface area contributed by atoms with Gasteiger partial charge in [0.25, 0.3) is 0 Å². The average molecular weight is 250 g/mol.